The van der Waals surface area contributed by atoms with E-state index in [1.54, 1.807) is 13.2 Å². The van der Waals surface area contributed by atoms with Crippen molar-refractivity contribution in [1.29, 1.82) is 0 Å². The van der Waals surface area contributed by atoms with E-state index in [9.17, 15) is 4.79 Å². The summed E-state index contributed by atoms with van der Waals surface area (Å²) in [5, 5.41) is 0.558. The van der Waals surface area contributed by atoms with Crippen LogP contribution < -0.4 is 10.2 Å². The van der Waals surface area contributed by atoms with Gasteiger partial charge in [-0.15, -0.1) is 0 Å². The molecule has 1 unspecified atom stereocenters. The topological polar surface area (TPSA) is 48.7 Å². The van der Waals surface area contributed by atoms with Crippen LogP contribution in [-0.2, 0) is 11.3 Å². The second kappa shape index (κ2) is 6.66. The molecule has 0 saturated heterocycles. The first-order valence-corrected chi connectivity index (χ1v) is 9.16. The quantitative estimate of drug-likeness (QED) is 0.504. The molecule has 0 spiro atoms. The van der Waals surface area contributed by atoms with Gasteiger partial charge >= 0.3 is 0 Å². The lowest BCUT2D eigenvalue weighted by Crippen LogP contribution is -2.16. The van der Waals surface area contributed by atoms with Crippen LogP contribution in [-0.4, -0.2) is 7.11 Å². The maximum Gasteiger partial charge on any atom is 0.199 e. The molecule has 0 fully saturated rings. The van der Waals surface area contributed by atoms with E-state index in [2.05, 4.69) is 0 Å². The zero-order valence-corrected chi connectivity index (χ0v) is 15.3. The number of fused-ring (bicyclic) bond motifs is 2. The minimum atomic E-state index is -0.450. The first kappa shape index (κ1) is 16.8. The molecule has 138 valence electrons. The van der Waals surface area contributed by atoms with Crippen LogP contribution in [0.4, 0.5) is 0 Å². The highest BCUT2D eigenvalue weighted by Gasteiger charge is 2.31. The summed E-state index contributed by atoms with van der Waals surface area (Å²) in [4.78, 5) is 13.5. The van der Waals surface area contributed by atoms with Crippen molar-refractivity contribution in [3.05, 3.63) is 99.7 Å². The summed E-state index contributed by atoms with van der Waals surface area (Å²) in [6.45, 7) is 0.481. The summed E-state index contributed by atoms with van der Waals surface area (Å²) >= 11 is 0. The molecule has 4 heteroatoms. The molecule has 0 N–H and O–H groups in total. The summed E-state index contributed by atoms with van der Waals surface area (Å²) in [5.41, 5.74) is 3.96. The second-order valence-corrected chi connectivity index (χ2v) is 6.79. The molecule has 0 aliphatic carbocycles. The number of para-hydroxylation sites is 1. The van der Waals surface area contributed by atoms with E-state index in [4.69, 9.17) is 13.9 Å². The highest BCUT2D eigenvalue weighted by Crippen LogP contribution is 2.40. The lowest BCUT2D eigenvalue weighted by Gasteiger charge is -2.16. The van der Waals surface area contributed by atoms with Crippen molar-refractivity contribution in [2.45, 2.75) is 12.7 Å². The fraction of sp³-hybridized carbons (Fsp3) is 0.125. The van der Waals surface area contributed by atoms with Gasteiger partial charge in [0.1, 0.15) is 23.2 Å². The van der Waals surface area contributed by atoms with E-state index in [-0.39, 0.29) is 5.43 Å². The standard InChI is InChI=1S/C24H18O4/c1-26-17-12-10-15(11-13-17)23-21(22(25)19-8-4-5-9-20(19)28-23)24-18-7-3-2-6-16(18)14-27-24/h2-13,24H,14H2,1H3. The molecule has 28 heavy (non-hydrogen) atoms. The van der Waals surface area contributed by atoms with Crippen molar-refractivity contribution in [1.82, 2.24) is 0 Å². The van der Waals surface area contributed by atoms with Crippen LogP contribution in [0.5, 0.6) is 5.75 Å². The zero-order chi connectivity index (χ0) is 19.1. The maximum absolute atomic E-state index is 13.5. The van der Waals surface area contributed by atoms with Gasteiger partial charge in [0.2, 0.25) is 0 Å². The molecular weight excluding hydrogens is 352 g/mol. The number of rotatable bonds is 3. The molecule has 0 amide bonds. The first-order valence-electron chi connectivity index (χ1n) is 9.16. The summed E-state index contributed by atoms with van der Waals surface area (Å²) in [6.07, 6.45) is -0.450. The van der Waals surface area contributed by atoms with Crippen LogP contribution in [0.3, 0.4) is 0 Å². The van der Waals surface area contributed by atoms with Gasteiger partial charge in [0.25, 0.3) is 0 Å². The highest BCUT2D eigenvalue weighted by atomic mass is 16.5. The summed E-state index contributed by atoms with van der Waals surface area (Å²) < 4.78 is 17.6. The van der Waals surface area contributed by atoms with Crippen LogP contribution in [0.1, 0.15) is 22.8 Å². The number of methoxy groups -OCH3 is 1. The molecule has 0 bridgehead atoms. The Morgan fingerprint density at radius 3 is 2.50 bits per heavy atom. The van der Waals surface area contributed by atoms with E-state index in [1.807, 2.05) is 66.7 Å². The lowest BCUT2D eigenvalue weighted by atomic mass is 9.95. The van der Waals surface area contributed by atoms with E-state index in [1.165, 1.54) is 0 Å². The third-order valence-electron chi connectivity index (χ3n) is 5.19. The third kappa shape index (κ3) is 2.62. The minimum Gasteiger partial charge on any atom is -0.497 e. The van der Waals surface area contributed by atoms with Gasteiger partial charge in [-0.25, -0.2) is 0 Å². The van der Waals surface area contributed by atoms with E-state index >= 15 is 0 Å². The number of benzene rings is 3. The SMILES string of the molecule is COc1ccc(-c2oc3ccccc3c(=O)c2C2OCc3ccccc32)cc1. The number of hydrogen-bond acceptors (Lipinski definition) is 4. The average Bonchev–Trinajstić information content (AvgIpc) is 3.17. The zero-order valence-electron chi connectivity index (χ0n) is 15.3. The fourth-order valence-electron chi connectivity index (χ4n) is 3.77. The fourth-order valence-corrected chi connectivity index (χ4v) is 3.77. The molecule has 4 nitrogen and oxygen atoms in total. The third-order valence-corrected chi connectivity index (χ3v) is 5.19. The average molecular weight is 370 g/mol. The van der Waals surface area contributed by atoms with Gasteiger partial charge in [0.15, 0.2) is 5.43 Å². The van der Waals surface area contributed by atoms with Crippen molar-refractivity contribution in [3.8, 4) is 17.1 Å². The Kier molecular flexibility index (Phi) is 3.99. The summed E-state index contributed by atoms with van der Waals surface area (Å²) in [6, 6.07) is 22.8. The normalized spacial score (nSPS) is 15.5. The molecule has 5 rings (SSSR count). The van der Waals surface area contributed by atoms with E-state index in [0.717, 1.165) is 22.4 Å². The van der Waals surface area contributed by atoms with Crippen LogP contribution in [0.15, 0.2) is 82.0 Å². The Hall–Kier alpha value is -3.37. The van der Waals surface area contributed by atoms with Gasteiger partial charge in [-0.3, -0.25) is 4.79 Å². The van der Waals surface area contributed by atoms with Gasteiger partial charge in [0.05, 0.1) is 24.7 Å². The van der Waals surface area contributed by atoms with Gasteiger partial charge in [-0.1, -0.05) is 36.4 Å². The molecule has 1 aromatic heterocycles. The Labute approximate surface area is 162 Å². The van der Waals surface area contributed by atoms with Gasteiger partial charge in [-0.05, 0) is 47.5 Å². The smallest absolute Gasteiger partial charge is 0.199 e. The first-order chi connectivity index (χ1) is 13.8. The van der Waals surface area contributed by atoms with E-state index in [0.29, 0.717) is 28.9 Å². The summed E-state index contributed by atoms with van der Waals surface area (Å²) in [7, 11) is 1.62. The van der Waals surface area contributed by atoms with Crippen molar-refractivity contribution >= 4 is 11.0 Å². The Balaban J connectivity index is 1.79. The molecule has 0 radical (unpaired) electrons. The Bertz CT molecular complexity index is 1220. The van der Waals surface area contributed by atoms with Crippen LogP contribution in [0.25, 0.3) is 22.3 Å². The van der Waals surface area contributed by atoms with Gasteiger partial charge in [0, 0.05) is 5.56 Å². The van der Waals surface area contributed by atoms with Crippen molar-refractivity contribution in [2.75, 3.05) is 7.11 Å². The number of ether oxygens (including phenoxy) is 2. The molecule has 1 atom stereocenters. The van der Waals surface area contributed by atoms with Gasteiger partial charge < -0.3 is 13.9 Å². The van der Waals surface area contributed by atoms with Crippen LogP contribution in [0.2, 0.25) is 0 Å². The van der Waals surface area contributed by atoms with Crippen LogP contribution >= 0.6 is 0 Å². The molecule has 1 aliphatic heterocycles. The van der Waals surface area contributed by atoms with E-state index < -0.39 is 6.10 Å². The lowest BCUT2D eigenvalue weighted by molar-refractivity contribution is 0.0927. The second-order valence-electron chi connectivity index (χ2n) is 6.79. The van der Waals surface area contributed by atoms with Crippen molar-refractivity contribution in [3.63, 3.8) is 0 Å². The minimum absolute atomic E-state index is 0.0608. The molecule has 0 saturated carbocycles. The maximum atomic E-state index is 13.5. The van der Waals surface area contributed by atoms with Crippen LogP contribution in [0, 0.1) is 0 Å². The molecule has 4 aromatic rings. The molecule has 3 aromatic carbocycles. The monoisotopic (exact) mass is 370 g/mol. The predicted octanol–water partition coefficient (Wildman–Crippen LogP) is 5.09. The molecular formula is C24H18O4. The Morgan fingerprint density at radius 1 is 0.929 bits per heavy atom. The van der Waals surface area contributed by atoms with Gasteiger partial charge in [-0.2, -0.15) is 0 Å². The highest BCUT2D eigenvalue weighted by molar-refractivity contribution is 5.81. The van der Waals surface area contributed by atoms with Crippen molar-refractivity contribution in [2.24, 2.45) is 0 Å². The predicted molar refractivity (Wildman–Crippen MR) is 108 cm³/mol. The molecule has 2 heterocycles. The Morgan fingerprint density at radius 2 is 1.68 bits per heavy atom. The summed E-state index contributed by atoms with van der Waals surface area (Å²) in [5.74, 6) is 1.28. The number of hydrogen-bond donors (Lipinski definition) is 0. The van der Waals surface area contributed by atoms with Crippen molar-refractivity contribution < 1.29 is 13.9 Å². The molecule has 1 aliphatic rings. The largest absolute Gasteiger partial charge is 0.497 e.